The van der Waals surface area contributed by atoms with Crippen LogP contribution in [0.25, 0.3) is 0 Å². The molecule has 0 bridgehead atoms. The Morgan fingerprint density at radius 2 is 2.40 bits per heavy atom. The van der Waals surface area contributed by atoms with Gasteiger partial charge in [0.05, 0.1) is 0 Å². The van der Waals surface area contributed by atoms with Crippen LogP contribution in [-0.2, 0) is 6.42 Å². The average Bonchev–Trinajstić information content (AvgIpc) is 2.83. The number of nitrogens with one attached hydrogen (secondary N) is 1. The number of rotatable bonds is 3. The Hall–Kier alpha value is -0.220. The summed E-state index contributed by atoms with van der Waals surface area (Å²) in [6.07, 6.45) is 9.24. The highest BCUT2D eigenvalue weighted by Gasteiger charge is 2.26. The first kappa shape index (κ1) is 11.3. The van der Waals surface area contributed by atoms with E-state index in [1.165, 1.54) is 25.0 Å². The number of hydrogen-bond acceptors (Lipinski definition) is 2. The van der Waals surface area contributed by atoms with Crippen molar-refractivity contribution in [3.8, 4) is 0 Å². The maximum absolute atomic E-state index is 5.35. The van der Waals surface area contributed by atoms with Gasteiger partial charge < -0.3 is 9.55 Å². The Balaban J connectivity index is 2.22. The molecule has 2 rings (SSSR count). The molecule has 1 aromatic heterocycles. The second kappa shape index (κ2) is 4.74. The third-order valence-corrected chi connectivity index (χ3v) is 4.72. The Morgan fingerprint density at radius 1 is 1.60 bits per heavy atom. The van der Waals surface area contributed by atoms with Crippen molar-refractivity contribution in [3.05, 3.63) is 16.7 Å². The van der Waals surface area contributed by atoms with Gasteiger partial charge in [0.1, 0.15) is 0 Å². The molecule has 4 heteroatoms. The highest BCUT2D eigenvalue weighted by molar-refractivity contribution is 7.99. The molecule has 0 amide bonds. The van der Waals surface area contributed by atoms with Crippen LogP contribution in [0.5, 0.6) is 0 Å². The normalized spacial score (nSPS) is 26.0. The lowest BCUT2D eigenvalue weighted by Gasteiger charge is -2.15. The van der Waals surface area contributed by atoms with Gasteiger partial charge in [-0.15, -0.1) is 0 Å². The Kier molecular flexibility index (Phi) is 3.57. The minimum Gasteiger partial charge on any atom is -0.337 e. The molecular weight excluding hydrogens is 224 g/mol. The molecule has 0 aromatic carbocycles. The van der Waals surface area contributed by atoms with Gasteiger partial charge in [-0.05, 0) is 44.2 Å². The van der Waals surface area contributed by atoms with Crippen LogP contribution in [0.2, 0.25) is 0 Å². The van der Waals surface area contributed by atoms with E-state index in [-0.39, 0.29) is 0 Å². The van der Waals surface area contributed by atoms with Gasteiger partial charge in [-0.3, -0.25) is 0 Å². The maximum Gasteiger partial charge on any atom is 0.177 e. The van der Waals surface area contributed by atoms with Gasteiger partial charge in [0.2, 0.25) is 0 Å². The number of hydrogen-bond donors (Lipinski definition) is 1. The molecule has 1 aromatic rings. The molecule has 2 atom stereocenters. The van der Waals surface area contributed by atoms with E-state index in [2.05, 4.69) is 28.9 Å². The quantitative estimate of drug-likeness (QED) is 0.818. The number of aromatic amines is 1. The largest absolute Gasteiger partial charge is 0.337 e. The van der Waals surface area contributed by atoms with Crippen LogP contribution in [0.4, 0.5) is 0 Å². The highest BCUT2D eigenvalue weighted by atomic mass is 32.2. The second-order valence-electron chi connectivity index (χ2n) is 4.13. The van der Waals surface area contributed by atoms with Crippen molar-refractivity contribution in [3.63, 3.8) is 0 Å². The fourth-order valence-electron chi connectivity index (χ4n) is 2.45. The molecule has 0 aliphatic heterocycles. The minimum atomic E-state index is 0.635. The van der Waals surface area contributed by atoms with Crippen molar-refractivity contribution in [1.82, 2.24) is 9.55 Å². The third-order valence-electron chi connectivity index (χ3n) is 3.31. The maximum atomic E-state index is 5.35. The number of H-pyrrole nitrogens is 1. The summed E-state index contributed by atoms with van der Waals surface area (Å²) in [5, 5.41) is 0.830. The SMILES string of the molecule is CCc1c[nH]c(=S)n1C1CCC(SC)C1. The zero-order valence-electron chi connectivity index (χ0n) is 9.32. The van der Waals surface area contributed by atoms with Crippen molar-refractivity contribution in [1.29, 1.82) is 0 Å². The van der Waals surface area contributed by atoms with Crippen LogP contribution in [0, 0.1) is 4.77 Å². The monoisotopic (exact) mass is 242 g/mol. The van der Waals surface area contributed by atoms with Gasteiger partial charge in [0, 0.05) is 23.2 Å². The van der Waals surface area contributed by atoms with E-state index in [0.717, 1.165) is 16.4 Å². The molecular formula is C11H18N2S2. The molecule has 2 nitrogen and oxygen atoms in total. The summed E-state index contributed by atoms with van der Waals surface area (Å²) < 4.78 is 3.24. The van der Waals surface area contributed by atoms with Gasteiger partial charge in [-0.2, -0.15) is 11.8 Å². The Morgan fingerprint density at radius 3 is 3.00 bits per heavy atom. The van der Waals surface area contributed by atoms with Crippen molar-refractivity contribution in [2.45, 2.75) is 43.9 Å². The summed E-state index contributed by atoms with van der Waals surface area (Å²) in [5.74, 6) is 0. The Bertz CT molecular complexity index is 380. The van der Waals surface area contributed by atoms with Crippen molar-refractivity contribution in [2.24, 2.45) is 0 Å². The smallest absolute Gasteiger partial charge is 0.177 e. The lowest BCUT2D eigenvalue weighted by molar-refractivity contribution is 0.498. The molecule has 15 heavy (non-hydrogen) atoms. The molecule has 1 N–H and O–H groups in total. The molecule has 1 aliphatic rings. The predicted octanol–water partition coefficient (Wildman–Crippen LogP) is 3.56. The first-order valence-electron chi connectivity index (χ1n) is 5.57. The second-order valence-corrected chi connectivity index (χ2v) is 5.66. The van der Waals surface area contributed by atoms with Crippen LogP contribution in [-0.4, -0.2) is 21.1 Å². The molecule has 84 valence electrons. The highest BCUT2D eigenvalue weighted by Crippen LogP contribution is 2.36. The molecule has 1 saturated carbocycles. The van der Waals surface area contributed by atoms with E-state index in [1.54, 1.807) is 0 Å². The fourth-order valence-corrected chi connectivity index (χ4v) is 3.56. The minimum absolute atomic E-state index is 0.635. The van der Waals surface area contributed by atoms with E-state index < -0.39 is 0 Å². The Labute approximate surface area is 100 Å². The topological polar surface area (TPSA) is 20.7 Å². The van der Waals surface area contributed by atoms with Crippen molar-refractivity contribution < 1.29 is 0 Å². The van der Waals surface area contributed by atoms with Gasteiger partial charge in [-0.1, -0.05) is 6.92 Å². The summed E-state index contributed by atoms with van der Waals surface area (Å²) in [6.45, 7) is 2.19. The molecule has 0 spiro atoms. The molecule has 2 unspecified atom stereocenters. The standard InChI is InChI=1S/C11H18N2S2/c1-3-8-7-12-11(14)13(8)9-4-5-10(6-9)15-2/h7,9-10H,3-6H2,1-2H3,(H,12,14). The lowest BCUT2D eigenvalue weighted by Crippen LogP contribution is -2.09. The van der Waals surface area contributed by atoms with E-state index in [9.17, 15) is 0 Å². The lowest BCUT2D eigenvalue weighted by atomic mass is 10.2. The summed E-state index contributed by atoms with van der Waals surface area (Å²) >= 11 is 7.35. The molecule has 1 aliphatic carbocycles. The van der Waals surface area contributed by atoms with Crippen LogP contribution in [0.15, 0.2) is 6.20 Å². The van der Waals surface area contributed by atoms with E-state index >= 15 is 0 Å². The number of aryl methyl sites for hydroxylation is 1. The van der Waals surface area contributed by atoms with Crippen molar-refractivity contribution >= 4 is 24.0 Å². The van der Waals surface area contributed by atoms with Crippen LogP contribution >= 0.6 is 24.0 Å². The average molecular weight is 242 g/mol. The van der Waals surface area contributed by atoms with E-state index in [0.29, 0.717) is 6.04 Å². The molecule has 1 heterocycles. The first-order chi connectivity index (χ1) is 7.26. The zero-order chi connectivity index (χ0) is 10.8. The van der Waals surface area contributed by atoms with Gasteiger partial charge in [-0.25, -0.2) is 0 Å². The molecule has 0 radical (unpaired) electrons. The van der Waals surface area contributed by atoms with Crippen molar-refractivity contribution in [2.75, 3.05) is 6.26 Å². The molecule has 1 fully saturated rings. The van der Waals surface area contributed by atoms with Gasteiger partial charge in [0.25, 0.3) is 0 Å². The van der Waals surface area contributed by atoms with E-state index in [1.807, 2.05) is 11.8 Å². The first-order valence-corrected chi connectivity index (χ1v) is 7.27. The fraction of sp³-hybridized carbons (Fsp3) is 0.727. The molecule has 0 saturated heterocycles. The van der Waals surface area contributed by atoms with Crippen LogP contribution < -0.4 is 0 Å². The van der Waals surface area contributed by atoms with Crippen LogP contribution in [0.1, 0.15) is 37.9 Å². The third kappa shape index (κ3) is 2.16. The number of aromatic nitrogens is 2. The summed E-state index contributed by atoms with van der Waals surface area (Å²) in [6, 6.07) is 0.635. The zero-order valence-corrected chi connectivity index (χ0v) is 11.0. The number of nitrogens with zero attached hydrogens (tertiary/aromatic N) is 1. The van der Waals surface area contributed by atoms with Gasteiger partial charge in [0.15, 0.2) is 4.77 Å². The van der Waals surface area contributed by atoms with Crippen LogP contribution in [0.3, 0.4) is 0 Å². The number of thioether (sulfide) groups is 1. The number of imidazole rings is 1. The predicted molar refractivity (Wildman–Crippen MR) is 69.2 cm³/mol. The summed E-state index contributed by atoms with van der Waals surface area (Å²) in [5.41, 5.74) is 1.35. The summed E-state index contributed by atoms with van der Waals surface area (Å²) in [4.78, 5) is 3.17. The van der Waals surface area contributed by atoms with E-state index in [4.69, 9.17) is 12.2 Å². The van der Waals surface area contributed by atoms with Gasteiger partial charge >= 0.3 is 0 Å². The summed E-state index contributed by atoms with van der Waals surface area (Å²) in [7, 11) is 0.